The third-order valence-electron chi connectivity index (χ3n) is 3.68. The van der Waals surface area contributed by atoms with E-state index in [9.17, 15) is 8.42 Å². The van der Waals surface area contributed by atoms with Gasteiger partial charge in [0.2, 0.25) is 10.0 Å². The molecule has 3 rings (SSSR count). The number of aryl methyl sites for hydroxylation is 1. The van der Waals surface area contributed by atoms with Crippen molar-refractivity contribution in [1.29, 1.82) is 0 Å². The van der Waals surface area contributed by atoms with E-state index in [1.165, 1.54) is 0 Å². The molecule has 2 aromatic carbocycles. The molecule has 0 saturated heterocycles. The van der Waals surface area contributed by atoms with E-state index in [2.05, 4.69) is 9.71 Å². The summed E-state index contributed by atoms with van der Waals surface area (Å²) in [6.07, 6.45) is 1.57. The van der Waals surface area contributed by atoms with Crippen molar-refractivity contribution < 1.29 is 8.42 Å². The molecule has 3 aromatic rings. The quantitative estimate of drug-likeness (QED) is 0.732. The summed E-state index contributed by atoms with van der Waals surface area (Å²) in [6, 6.07) is 11.8. The number of nitrogens with one attached hydrogen (secondary N) is 1. The van der Waals surface area contributed by atoms with Gasteiger partial charge in [-0.1, -0.05) is 40.9 Å². The molecule has 0 saturated carbocycles. The van der Waals surface area contributed by atoms with Gasteiger partial charge in [0.05, 0.1) is 15.4 Å². The molecule has 0 fully saturated rings. The zero-order chi connectivity index (χ0) is 17.3. The number of sulfonamides is 1. The average molecular weight is 381 g/mol. The molecule has 7 heteroatoms. The van der Waals surface area contributed by atoms with Crippen LogP contribution in [0.1, 0.15) is 11.1 Å². The number of rotatable bonds is 4. The van der Waals surface area contributed by atoms with Gasteiger partial charge in [-0.05, 0) is 37.3 Å². The molecule has 124 valence electrons. The fourth-order valence-corrected chi connectivity index (χ4v) is 3.78. The normalized spacial score (nSPS) is 11.8. The van der Waals surface area contributed by atoms with Gasteiger partial charge in [-0.15, -0.1) is 0 Å². The van der Waals surface area contributed by atoms with Gasteiger partial charge in [-0.2, -0.15) is 0 Å². The summed E-state index contributed by atoms with van der Waals surface area (Å²) in [4.78, 5) is 4.49. The fraction of sp³-hybridized carbons (Fsp3) is 0.118. The summed E-state index contributed by atoms with van der Waals surface area (Å²) >= 11 is 12.4. The van der Waals surface area contributed by atoms with E-state index in [0.29, 0.717) is 21.1 Å². The molecule has 1 aromatic heterocycles. The molecule has 1 heterocycles. The lowest BCUT2D eigenvalue weighted by molar-refractivity contribution is 0.581. The first kappa shape index (κ1) is 17.2. The van der Waals surface area contributed by atoms with Gasteiger partial charge in [0, 0.05) is 28.7 Å². The van der Waals surface area contributed by atoms with Crippen LogP contribution < -0.4 is 4.72 Å². The molecule has 0 radical (unpaired) electrons. The molecule has 0 unspecified atom stereocenters. The van der Waals surface area contributed by atoms with Gasteiger partial charge in [-0.3, -0.25) is 4.98 Å². The van der Waals surface area contributed by atoms with Crippen LogP contribution in [-0.2, 0) is 16.6 Å². The largest absolute Gasteiger partial charge is 0.256 e. The fourth-order valence-electron chi connectivity index (χ4n) is 2.35. The zero-order valence-corrected chi connectivity index (χ0v) is 15.1. The van der Waals surface area contributed by atoms with Crippen LogP contribution in [0.2, 0.25) is 10.0 Å². The number of hydrogen-bond acceptors (Lipinski definition) is 3. The van der Waals surface area contributed by atoms with E-state index in [-0.39, 0.29) is 11.4 Å². The SMILES string of the molecule is Cc1ccc(S(=O)(=O)NCc2c(Cl)ccc3c(Cl)ccnc23)cc1. The highest BCUT2D eigenvalue weighted by atomic mass is 35.5. The number of pyridine rings is 1. The van der Waals surface area contributed by atoms with E-state index >= 15 is 0 Å². The molecule has 0 bridgehead atoms. The van der Waals surface area contributed by atoms with Crippen LogP contribution in [0.5, 0.6) is 0 Å². The van der Waals surface area contributed by atoms with Crippen LogP contribution in [0.3, 0.4) is 0 Å². The van der Waals surface area contributed by atoms with Gasteiger partial charge < -0.3 is 0 Å². The second-order valence-electron chi connectivity index (χ2n) is 5.35. The van der Waals surface area contributed by atoms with Crippen molar-refractivity contribution in [3.8, 4) is 0 Å². The Balaban J connectivity index is 1.94. The van der Waals surface area contributed by atoms with Gasteiger partial charge in [-0.25, -0.2) is 13.1 Å². The summed E-state index contributed by atoms with van der Waals surface area (Å²) in [5.41, 5.74) is 2.17. The van der Waals surface area contributed by atoms with E-state index in [0.717, 1.165) is 10.9 Å². The molecule has 4 nitrogen and oxygen atoms in total. The molecule has 24 heavy (non-hydrogen) atoms. The van der Waals surface area contributed by atoms with Gasteiger partial charge in [0.15, 0.2) is 0 Å². The Hall–Kier alpha value is -1.66. The Labute approximate surface area is 150 Å². The number of halogens is 2. The van der Waals surface area contributed by atoms with Crippen LogP contribution in [-0.4, -0.2) is 13.4 Å². The van der Waals surface area contributed by atoms with Gasteiger partial charge >= 0.3 is 0 Å². The van der Waals surface area contributed by atoms with Crippen molar-refractivity contribution in [2.75, 3.05) is 0 Å². The summed E-state index contributed by atoms with van der Waals surface area (Å²) in [5, 5.41) is 1.70. The Morgan fingerprint density at radius 3 is 2.42 bits per heavy atom. The first-order chi connectivity index (χ1) is 11.4. The number of fused-ring (bicyclic) bond motifs is 1. The number of nitrogens with zero attached hydrogens (tertiary/aromatic N) is 1. The summed E-state index contributed by atoms with van der Waals surface area (Å²) in [6.45, 7) is 1.93. The Kier molecular flexibility index (Phi) is 4.78. The van der Waals surface area contributed by atoms with Crippen LogP contribution in [0.4, 0.5) is 0 Å². The maximum atomic E-state index is 12.4. The van der Waals surface area contributed by atoms with E-state index in [1.807, 2.05) is 6.92 Å². The smallest absolute Gasteiger partial charge is 0.240 e. The third-order valence-corrected chi connectivity index (χ3v) is 5.78. The van der Waals surface area contributed by atoms with Crippen LogP contribution in [0, 0.1) is 6.92 Å². The first-order valence-corrected chi connectivity index (χ1v) is 9.40. The first-order valence-electron chi connectivity index (χ1n) is 7.16. The second-order valence-corrected chi connectivity index (χ2v) is 7.93. The van der Waals surface area contributed by atoms with Crippen molar-refractivity contribution in [3.63, 3.8) is 0 Å². The standard InChI is InChI=1S/C17H14Cl2N2O2S/c1-11-2-4-12(5-3-11)24(22,23)21-10-14-15(18)7-6-13-16(19)8-9-20-17(13)14/h2-9,21H,10H2,1H3. The number of aromatic nitrogens is 1. The van der Waals surface area contributed by atoms with Gasteiger partial charge in [0.25, 0.3) is 0 Å². The lowest BCUT2D eigenvalue weighted by atomic mass is 10.1. The Morgan fingerprint density at radius 1 is 1.00 bits per heavy atom. The molecule has 0 amide bonds. The molecule has 0 aliphatic carbocycles. The van der Waals surface area contributed by atoms with Gasteiger partial charge in [0.1, 0.15) is 0 Å². The minimum Gasteiger partial charge on any atom is -0.256 e. The van der Waals surface area contributed by atoms with Crippen molar-refractivity contribution in [2.45, 2.75) is 18.4 Å². The summed E-state index contributed by atoms with van der Waals surface area (Å²) < 4.78 is 27.4. The topological polar surface area (TPSA) is 59.1 Å². The van der Waals surface area contributed by atoms with Crippen LogP contribution >= 0.6 is 23.2 Å². The highest BCUT2D eigenvalue weighted by Crippen LogP contribution is 2.29. The number of hydrogen-bond donors (Lipinski definition) is 1. The lowest BCUT2D eigenvalue weighted by Crippen LogP contribution is -2.23. The molecular formula is C17H14Cl2N2O2S. The van der Waals surface area contributed by atoms with E-state index in [1.54, 1.807) is 48.7 Å². The average Bonchev–Trinajstić information content (AvgIpc) is 2.54. The minimum absolute atomic E-state index is 0.0275. The molecule has 1 N–H and O–H groups in total. The van der Waals surface area contributed by atoms with Crippen molar-refractivity contribution in [1.82, 2.24) is 9.71 Å². The minimum atomic E-state index is -3.64. The zero-order valence-electron chi connectivity index (χ0n) is 12.8. The van der Waals surface area contributed by atoms with Crippen molar-refractivity contribution in [2.24, 2.45) is 0 Å². The molecule has 0 aliphatic heterocycles. The second kappa shape index (κ2) is 6.69. The predicted molar refractivity (Wildman–Crippen MR) is 97.0 cm³/mol. The van der Waals surface area contributed by atoms with Crippen molar-refractivity contribution >= 4 is 44.1 Å². The van der Waals surface area contributed by atoms with Crippen LogP contribution in [0.25, 0.3) is 10.9 Å². The molecule has 0 aliphatic rings. The third kappa shape index (κ3) is 3.39. The molecule has 0 spiro atoms. The molecule has 0 atom stereocenters. The highest BCUT2D eigenvalue weighted by molar-refractivity contribution is 7.89. The highest BCUT2D eigenvalue weighted by Gasteiger charge is 2.16. The van der Waals surface area contributed by atoms with Crippen LogP contribution in [0.15, 0.2) is 53.6 Å². The number of benzene rings is 2. The lowest BCUT2D eigenvalue weighted by Gasteiger charge is -2.11. The monoisotopic (exact) mass is 380 g/mol. The molecular weight excluding hydrogens is 367 g/mol. The van der Waals surface area contributed by atoms with Crippen molar-refractivity contribution in [3.05, 3.63) is 69.8 Å². The summed E-state index contributed by atoms with van der Waals surface area (Å²) in [7, 11) is -3.64. The Morgan fingerprint density at radius 2 is 1.71 bits per heavy atom. The Bertz CT molecular complexity index is 1000. The maximum absolute atomic E-state index is 12.4. The van der Waals surface area contributed by atoms with E-state index in [4.69, 9.17) is 23.2 Å². The predicted octanol–water partition coefficient (Wildman–Crippen LogP) is 4.33. The van der Waals surface area contributed by atoms with E-state index < -0.39 is 10.0 Å². The summed E-state index contributed by atoms with van der Waals surface area (Å²) in [5.74, 6) is 0. The maximum Gasteiger partial charge on any atom is 0.240 e.